The Morgan fingerprint density at radius 1 is 0.884 bits per heavy atom. The summed E-state index contributed by atoms with van der Waals surface area (Å²) in [7, 11) is 4.07. The molecule has 3 aliphatic rings. The second-order valence-electron chi connectivity index (χ2n) is 12.1. The molecule has 1 saturated carbocycles. The molecule has 43 heavy (non-hydrogen) atoms. The molecular weight excluding hydrogens is 540 g/mol. The fraction of sp³-hybridized carbons (Fsp3) is 0.353. The first-order chi connectivity index (χ1) is 20.7. The Bertz CT molecular complexity index is 1550. The average molecular weight is 579 g/mol. The van der Waals surface area contributed by atoms with E-state index >= 15 is 0 Å². The zero-order valence-electron chi connectivity index (χ0n) is 24.7. The Balaban J connectivity index is 1.27. The van der Waals surface area contributed by atoms with E-state index in [9.17, 15) is 19.8 Å². The summed E-state index contributed by atoms with van der Waals surface area (Å²) in [5.41, 5.74) is 11.2. The second-order valence-corrected chi connectivity index (χ2v) is 12.1. The molecule has 9 nitrogen and oxygen atoms in total. The largest absolute Gasteiger partial charge is 0.377 e. The molecule has 2 aliphatic heterocycles. The van der Waals surface area contributed by atoms with E-state index in [0.717, 1.165) is 30.5 Å². The minimum Gasteiger partial charge on any atom is -0.377 e. The number of primary amides is 1. The van der Waals surface area contributed by atoms with Crippen molar-refractivity contribution in [3.05, 3.63) is 100 Å². The number of carbonyl (C=O) groups is 3. The van der Waals surface area contributed by atoms with Crippen molar-refractivity contribution < 1.29 is 14.4 Å². The van der Waals surface area contributed by atoms with E-state index in [4.69, 9.17) is 5.73 Å². The van der Waals surface area contributed by atoms with Gasteiger partial charge in [-0.3, -0.25) is 14.4 Å². The van der Waals surface area contributed by atoms with Gasteiger partial charge in [-0.15, -0.1) is 0 Å². The third-order valence-corrected chi connectivity index (χ3v) is 8.71. The number of anilines is 1. The standard InChI is InChI=1S/C34H38N6O3/c1-38(2)20-21-6-8-23(9-7-21)31-28(30(35)29-26(32(36)41)4-3-5-27(29)37-31)22-10-12-24(13-11-22)33(42)39-16-18-40(19-17-39)34(43)25-14-15-25/h3-13,25,28,31,35,37H,14-20H2,1-2H3,(H2,36,41). The quantitative estimate of drug-likeness (QED) is 0.393. The molecule has 0 radical (unpaired) electrons. The number of nitrogens with two attached hydrogens (primary N) is 1. The van der Waals surface area contributed by atoms with Gasteiger partial charge in [0.2, 0.25) is 11.8 Å². The normalized spacial score (nSPS) is 20.0. The van der Waals surface area contributed by atoms with Gasteiger partial charge in [0.1, 0.15) is 0 Å². The van der Waals surface area contributed by atoms with Crippen LogP contribution in [0.3, 0.4) is 0 Å². The maximum absolute atomic E-state index is 13.4. The maximum Gasteiger partial charge on any atom is 0.253 e. The first kappa shape index (κ1) is 28.6. The van der Waals surface area contributed by atoms with Gasteiger partial charge in [0.25, 0.3) is 5.91 Å². The summed E-state index contributed by atoms with van der Waals surface area (Å²) in [5, 5.41) is 12.9. The summed E-state index contributed by atoms with van der Waals surface area (Å²) in [5.74, 6) is -0.643. The fourth-order valence-corrected chi connectivity index (χ4v) is 6.31. The van der Waals surface area contributed by atoms with Gasteiger partial charge in [0, 0.05) is 55.5 Å². The van der Waals surface area contributed by atoms with Gasteiger partial charge in [-0.25, -0.2) is 0 Å². The molecule has 3 aromatic rings. The highest BCUT2D eigenvalue weighted by atomic mass is 16.2. The molecule has 6 rings (SSSR count). The molecule has 2 fully saturated rings. The zero-order chi connectivity index (χ0) is 30.2. The van der Waals surface area contributed by atoms with Crippen molar-refractivity contribution in [1.82, 2.24) is 14.7 Å². The van der Waals surface area contributed by atoms with E-state index in [1.807, 2.05) is 54.2 Å². The lowest BCUT2D eigenvalue weighted by atomic mass is 9.76. The zero-order valence-corrected chi connectivity index (χ0v) is 24.7. The number of benzene rings is 3. The Morgan fingerprint density at radius 3 is 2.12 bits per heavy atom. The molecule has 2 atom stereocenters. The minimum atomic E-state index is -0.575. The number of hydrogen-bond donors (Lipinski definition) is 3. The monoisotopic (exact) mass is 578 g/mol. The minimum absolute atomic E-state index is 0.0590. The van der Waals surface area contributed by atoms with Gasteiger partial charge in [0.05, 0.1) is 23.2 Å². The van der Waals surface area contributed by atoms with Crippen LogP contribution in [0, 0.1) is 11.3 Å². The summed E-state index contributed by atoms with van der Waals surface area (Å²) in [6.07, 6.45) is 1.96. The van der Waals surface area contributed by atoms with Crippen molar-refractivity contribution in [3.63, 3.8) is 0 Å². The van der Waals surface area contributed by atoms with E-state index in [0.29, 0.717) is 54.3 Å². The molecule has 0 aromatic heterocycles. The Kier molecular flexibility index (Phi) is 7.75. The fourth-order valence-electron chi connectivity index (χ4n) is 6.31. The summed E-state index contributed by atoms with van der Waals surface area (Å²) >= 11 is 0. The van der Waals surface area contributed by atoms with Crippen LogP contribution in [0.25, 0.3) is 0 Å². The van der Waals surface area contributed by atoms with E-state index < -0.39 is 11.8 Å². The van der Waals surface area contributed by atoms with Crippen molar-refractivity contribution in [2.45, 2.75) is 31.3 Å². The molecule has 4 N–H and O–H groups in total. The summed E-state index contributed by atoms with van der Waals surface area (Å²) in [6, 6.07) is 20.9. The van der Waals surface area contributed by atoms with Crippen LogP contribution in [0.5, 0.6) is 0 Å². The van der Waals surface area contributed by atoms with Gasteiger partial charge in [-0.2, -0.15) is 0 Å². The van der Waals surface area contributed by atoms with Crippen LogP contribution in [0.2, 0.25) is 0 Å². The van der Waals surface area contributed by atoms with Crippen molar-refractivity contribution in [1.29, 1.82) is 5.41 Å². The predicted molar refractivity (Wildman–Crippen MR) is 166 cm³/mol. The second kappa shape index (κ2) is 11.6. The van der Waals surface area contributed by atoms with Crippen LogP contribution in [-0.4, -0.2) is 78.4 Å². The summed E-state index contributed by atoms with van der Waals surface area (Å²) < 4.78 is 0. The Hall–Kier alpha value is -4.50. The third-order valence-electron chi connectivity index (χ3n) is 8.71. The van der Waals surface area contributed by atoms with Gasteiger partial charge in [-0.05, 0) is 67.9 Å². The van der Waals surface area contributed by atoms with Crippen LogP contribution >= 0.6 is 0 Å². The SMILES string of the molecule is CN(C)Cc1ccc(C2Nc3cccc(C(N)=O)c3C(=N)C2c2ccc(C(=O)N3CCN(C(=O)C4CC4)CC3)cc2)cc1. The first-order valence-corrected chi connectivity index (χ1v) is 14.9. The van der Waals surface area contributed by atoms with Gasteiger partial charge in [0.15, 0.2) is 0 Å². The number of nitrogens with zero attached hydrogens (tertiary/aromatic N) is 3. The molecule has 2 heterocycles. The number of piperazine rings is 1. The molecule has 2 unspecified atom stereocenters. The summed E-state index contributed by atoms with van der Waals surface area (Å²) in [6.45, 7) is 3.01. The number of nitrogens with one attached hydrogen (secondary N) is 2. The van der Waals surface area contributed by atoms with Crippen LogP contribution in [-0.2, 0) is 11.3 Å². The highest BCUT2D eigenvalue weighted by molar-refractivity contribution is 6.16. The highest BCUT2D eigenvalue weighted by Crippen LogP contribution is 2.43. The van der Waals surface area contributed by atoms with Crippen LogP contribution in [0.4, 0.5) is 5.69 Å². The van der Waals surface area contributed by atoms with Crippen molar-refractivity contribution in [2.24, 2.45) is 11.7 Å². The Labute approximate surface area is 252 Å². The van der Waals surface area contributed by atoms with E-state index in [-0.39, 0.29) is 23.8 Å². The number of fused-ring (bicyclic) bond motifs is 1. The molecule has 0 spiro atoms. The van der Waals surface area contributed by atoms with E-state index in [1.54, 1.807) is 12.1 Å². The van der Waals surface area contributed by atoms with Crippen LogP contribution in [0.15, 0.2) is 66.7 Å². The number of carbonyl (C=O) groups excluding carboxylic acids is 3. The lowest BCUT2D eigenvalue weighted by molar-refractivity contribution is -0.134. The van der Waals surface area contributed by atoms with Crippen molar-refractivity contribution >= 4 is 29.1 Å². The number of amides is 3. The summed E-state index contributed by atoms with van der Waals surface area (Å²) in [4.78, 5) is 43.9. The molecule has 222 valence electrons. The molecular formula is C34H38N6O3. The molecule has 3 amide bonds. The van der Waals surface area contributed by atoms with Crippen molar-refractivity contribution in [3.8, 4) is 0 Å². The smallest absolute Gasteiger partial charge is 0.253 e. The van der Waals surface area contributed by atoms with E-state index in [1.165, 1.54) is 5.56 Å². The van der Waals surface area contributed by atoms with Gasteiger partial charge < -0.3 is 31.2 Å². The number of rotatable bonds is 7. The third kappa shape index (κ3) is 5.77. The molecule has 1 aliphatic carbocycles. The van der Waals surface area contributed by atoms with Crippen LogP contribution < -0.4 is 11.1 Å². The lowest BCUT2D eigenvalue weighted by Gasteiger charge is -2.37. The molecule has 9 heteroatoms. The van der Waals surface area contributed by atoms with Gasteiger partial charge >= 0.3 is 0 Å². The highest BCUT2D eigenvalue weighted by Gasteiger charge is 2.38. The maximum atomic E-state index is 13.4. The average Bonchev–Trinajstić information content (AvgIpc) is 3.86. The van der Waals surface area contributed by atoms with Gasteiger partial charge in [-0.1, -0.05) is 42.5 Å². The predicted octanol–water partition coefficient (Wildman–Crippen LogP) is 3.86. The molecule has 0 bridgehead atoms. The topological polar surface area (TPSA) is 123 Å². The molecule has 3 aromatic carbocycles. The lowest BCUT2D eigenvalue weighted by Crippen LogP contribution is -2.51. The van der Waals surface area contributed by atoms with E-state index in [2.05, 4.69) is 34.5 Å². The Morgan fingerprint density at radius 2 is 1.51 bits per heavy atom. The first-order valence-electron chi connectivity index (χ1n) is 14.9. The van der Waals surface area contributed by atoms with Crippen LogP contribution in [0.1, 0.15) is 67.8 Å². The molecule has 1 saturated heterocycles. The van der Waals surface area contributed by atoms with Crippen molar-refractivity contribution in [2.75, 3.05) is 45.6 Å². The number of hydrogen-bond acceptors (Lipinski definition) is 6.